The molecule has 0 aromatic rings. The van der Waals surface area contributed by atoms with E-state index in [-0.39, 0.29) is 25.2 Å². The van der Waals surface area contributed by atoms with Crippen molar-refractivity contribution in [3.8, 4) is 0 Å². The van der Waals surface area contributed by atoms with E-state index in [0.29, 0.717) is 13.1 Å². The molecule has 23 heavy (non-hydrogen) atoms. The Morgan fingerprint density at radius 3 is 2.87 bits per heavy atom. The second-order valence-corrected chi connectivity index (χ2v) is 7.11. The van der Waals surface area contributed by atoms with E-state index >= 15 is 0 Å². The van der Waals surface area contributed by atoms with Gasteiger partial charge in [-0.3, -0.25) is 4.90 Å². The Morgan fingerprint density at radius 2 is 2.17 bits per heavy atom. The van der Waals surface area contributed by atoms with Gasteiger partial charge in [-0.25, -0.2) is 13.6 Å². The third-order valence-electron chi connectivity index (χ3n) is 4.31. The Morgan fingerprint density at radius 1 is 1.35 bits per heavy atom. The van der Waals surface area contributed by atoms with Crippen molar-refractivity contribution in [3.05, 3.63) is 23.4 Å². The zero-order valence-electron chi connectivity index (χ0n) is 12.8. The number of thioether (sulfide) groups is 1. The van der Waals surface area contributed by atoms with Crippen molar-refractivity contribution in [1.29, 1.82) is 0 Å². The molecule has 1 aliphatic carbocycles. The molecule has 128 valence electrons. The molecule has 0 radical (unpaired) electrons. The highest BCUT2D eigenvalue weighted by molar-refractivity contribution is 7.99. The lowest BCUT2D eigenvalue weighted by Gasteiger charge is -2.31. The number of halogens is 2. The van der Waals surface area contributed by atoms with Gasteiger partial charge in [0.1, 0.15) is 23.5 Å². The van der Waals surface area contributed by atoms with Gasteiger partial charge in [0.25, 0.3) is 0 Å². The van der Waals surface area contributed by atoms with Crippen LogP contribution in [0, 0.1) is 0 Å². The molecular weight excluding hydrogens is 324 g/mol. The number of nitrogens with zero attached hydrogens (tertiary/aromatic N) is 2. The number of hydrogen-bond donors (Lipinski definition) is 1. The standard InChI is InChI=1S/C15H21F2N3O2S/c16-12-6-10(20-9-11(8-18)22-15(20)21)7-13(17)14(12)19-2-1-4-23-5-3-19/h6,10-11H,1-5,7-9,18H2. The SMILES string of the molecule is NCC1CN(C2C=C(F)C(N3CCCSCC3)=C(F)C2)C(=O)O1. The number of cyclic esters (lactones) is 1. The maximum absolute atomic E-state index is 14.6. The summed E-state index contributed by atoms with van der Waals surface area (Å²) in [7, 11) is 0. The minimum atomic E-state index is -0.649. The van der Waals surface area contributed by atoms with Crippen LogP contribution in [0.15, 0.2) is 23.4 Å². The van der Waals surface area contributed by atoms with Crippen molar-refractivity contribution in [2.45, 2.75) is 25.0 Å². The second kappa shape index (κ2) is 7.09. The maximum Gasteiger partial charge on any atom is 0.410 e. The third-order valence-corrected chi connectivity index (χ3v) is 5.36. The normalized spacial score (nSPS) is 29.5. The monoisotopic (exact) mass is 345 g/mol. The highest BCUT2D eigenvalue weighted by Gasteiger charge is 2.38. The molecule has 0 bridgehead atoms. The van der Waals surface area contributed by atoms with Crippen molar-refractivity contribution >= 4 is 17.9 Å². The first-order valence-corrected chi connectivity index (χ1v) is 9.02. The minimum absolute atomic E-state index is 0.0151. The van der Waals surface area contributed by atoms with Crippen LogP contribution in [-0.4, -0.2) is 65.7 Å². The van der Waals surface area contributed by atoms with Crippen LogP contribution in [0.5, 0.6) is 0 Å². The van der Waals surface area contributed by atoms with E-state index in [0.717, 1.165) is 17.9 Å². The summed E-state index contributed by atoms with van der Waals surface area (Å²) >= 11 is 1.80. The molecule has 2 saturated heterocycles. The fourth-order valence-electron chi connectivity index (χ4n) is 3.14. The van der Waals surface area contributed by atoms with Gasteiger partial charge in [0.2, 0.25) is 0 Å². The molecule has 5 nitrogen and oxygen atoms in total. The van der Waals surface area contributed by atoms with E-state index in [1.54, 1.807) is 16.7 Å². The number of hydrogen-bond acceptors (Lipinski definition) is 5. The number of ether oxygens (including phenoxy) is 1. The molecular formula is C15H21F2N3O2S. The zero-order chi connectivity index (χ0) is 16.4. The predicted octanol–water partition coefficient (Wildman–Crippen LogP) is 2.01. The zero-order valence-corrected chi connectivity index (χ0v) is 13.7. The quantitative estimate of drug-likeness (QED) is 0.848. The van der Waals surface area contributed by atoms with Gasteiger partial charge in [-0.05, 0) is 18.2 Å². The maximum atomic E-state index is 14.6. The van der Waals surface area contributed by atoms with Gasteiger partial charge in [0.05, 0.1) is 12.6 Å². The van der Waals surface area contributed by atoms with Gasteiger partial charge in [0.15, 0.2) is 0 Å². The summed E-state index contributed by atoms with van der Waals surface area (Å²) in [5.74, 6) is 0.796. The first-order valence-electron chi connectivity index (χ1n) is 7.86. The fourth-order valence-corrected chi connectivity index (χ4v) is 4.03. The van der Waals surface area contributed by atoms with Crippen LogP contribution in [0.4, 0.5) is 13.6 Å². The van der Waals surface area contributed by atoms with E-state index in [1.165, 1.54) is 11.0 Å². The first kappa shape index (κ1) is 16.6. The summed E-state index contributed by atoms with van der Waals surface area (Å²) in [6.45, 7) is 1.77. The third kappa shape index (κ3) is 3.47. The number of rotatable bonds is 3. The van der Waals surface area contributed by atoms with Gasteiger partial charge in [-0.15, -0.1) is 0 Å². The lowest BCUT2D eigenvalue weighted by atomic mass is 10.0. The molecule has 0 spiro atoms. The molecule has 2 unspecified atom stereocenters. The molecule has 0 saturated carbocycles. The van der Waals surface area contributed by atoms with Gasteiger partial charge in [0, 0.05) is 31.8 Å². The predicted molar refractivity (Wildman–Crippen MR) is 85.3 cm³/mol. The Balaban J connectivity index is 1.74. The summed E-state index contributed by atoms with van der Waals surface area (Å²) in [4.78, 5) is 15.0. The molecule has 2 heterocycles. The van der Waals surface area contributed by atoms with E-state index in [2.05, 4.69) is 0 Å². The van der Waals surface area contributed by atoms with E-state index < -0.39 is 29.9 Å². The molecule has 3 rings (SSSR count). The average Bonchev–Trinajstić information content (AvgIpc) is 2.71. The molecule has 2 N–H and O–H groups in total. The highest BCUT2D eigenvalue weighted by atomic mass is 32.2. The lowest BCUT2D eigenvalue weighted by molar-refractivity contribution is 0.131. The van der Waals surface area contributed by atoms with Crippen molar-refractivity contribution < 1.29 is 18.3 Å². The Bertz CT molecular complexity index is 533. The van der Waals surface area contributed by atoms with Crippen LogP contribution in [0.2, 0.25) is 0 Å². The van der Waals surface area contributed by atoms with Gasteiger partial charge in [-0.1, -0.05) is 0 Å². The number of allylic oxidation sites excluding steroid dienone is 1. The molecule has 2 aliphatic heterocycles. The van der Waals surface area contributed by atoms with Gasteiger partial charge < -0.3 is 15.4 Å². The van der Waals surface area contributed by atoms with Crippen LogP contribution in [0.1, 0.15) is 12.8 Å². The second-order valence-electron chi connectivity index (χ2n) is 5.89. The first-order chi connectivity index (χ1) is 11.1. The van der Waals surface area contributed by atoms with E-state index in [9.17, 15) is 13.6 Å². The van der Waals surface area contributed by atoms with Gasteiger partial charge >= 0.3 is 6.09 Å². The Kier molecular flexibility index (Phi) is 5.11. The Hall–Kier alpha value is -1.28. The molecule has 8 heteroatoms. The van der Waals surface area contributed by atoms with E-state index in [1.807, 2.05) is 0 Å². The molecule has 3 aliphatic rings. The van der Waals surface area contributed by atoms with Crippen molar-refractivity contribution in [2.24, 2.45) is 5.73 Å². The fraction of sp³-hybridized carbons (Fsp3) is 0.667. The topological polar surface area (TPSA) is 58.8 Å². The van der Waals surface area contributed by atoms with Crippen molar-refractivity contribution in [3.63, 3.8) is 0 Å². The number of carbonyl (C=O) groups excluding carboxylic acids is 1. The minimum Gasteiger partial charge on any atom is -0.443 e. The van der Waals surface area contributed by atoms with Crippen molar-refractivity contribution in [1.82, 2.24) is 9.80 Å². The van der Waals surface area contributed by atoms with Crippen LogP contribution in [-0.2, 0) is 4.74 Å². The molecule has 1 amide bonds. The smallest absolute Gasteiger partial charge is 0.410 e. The molecule has 2 fully saturated rings. The molecule has 0 aromatic carbocycles. The highest BCUT2D eigenvalue weighted by Crippen LogP contribution is 2.34. The summed E-state index contributed by atoms with van der Waals surface area (Å²) in [5.41, 5.74) is 5.55. The average molecular weight is 345 g/mol. The molecule has 0 aromatic heterocycles. The van der Waals surface area contributed by atoms with Crippen LogP contribution in [0.3, 0.4) is 0 Å². The summed E-state index contributed by atoms with van der Waals surface area (Å²) < 4.78 is 34.2. The van der Waals surface area contributed by atoms with Gasteiger partial charge in [-0.2, -0.15) is 11.8 Å². The Labute approximate surface area is 138 Å². The summed E-state index contributed by atoms with van der Waals surface area (Å²) in [5, 5.41) is 0. The van der Waals surface area contributed by atoms with Crippen LogP contribution < -0.4 is 5.73 Å². The molecule has 2 atom stereocenters. The van der Waals surface area contributed by atoms with Crippen LogP contribution >= 0.6 is 11.8 Å². The lowest BCUT2D eigenvalue weighted by Crippen LogP contribution is -2.39. The van der Waals surface area contributed by atoms with Crippen LogP contribution in [0.25, 0.3) is 0 Å². The number of nitrogens with two attached hydrogens (primary N) is 1. The summed E-state index contributed by atoms with van der Waals surface area (Å²) in [6, 6.07) is -0.649. The summed E-state index contributed by atoms with van der Waals surface area (Å²) in [6.07, 6.45) is 1.26. The van der Waals surface area contributed by atoms with E-state index in [4.69, 9.17) is 10.5 Å². The number of carbonyl (C=O) groups is 1. The number of amides is 1. The largest absolute Gasteiger partial charge is 0.443 e. The van der Waals surface area contributed by atoms with Crippen molar-refractivity contribution in [2.75, 3.05) is 37.7 Å².